The van der Waals surface area contributed by atoms with E-state index in [1.165, 1.54) is 11.3 Å². The molecule has 0 bridgehead atoms. The Morgan fingerprint density at radius 1 is 1.19 bits per heavy atom. The van der Waals surface area contributed by atoms with E-state index in [1.54, 1.807) is 11.3 Å². The van der Waals surface area contributed by atoms with Gasteiger partial charge in [-0.25, -0.2) is 0 Å². The predicted molar refractivity (Wildman–Crippen MR) is 67.6 cm³/mol. The summed E-state index contributed by atoms with van der Waals surface area (Å²) < 4.78 is 1.96. The monoisotopic (exact) mass is 246 g/mol. The molecule has 0 saturated heterocycles. The first kappa shape index (κ1) is 9.69. The number of hydrogen-bond donors (Lipinski definition) is 0. The number of Topliss-reactive ketones (excluding diaryl/α,β-unsaturated/α-hetero) is 1. The second-order valence-corrected chi connectivity index (χ2v) is 5.27. The number of carbonyl (C=O) groups is 2. The second-order valence-electron chi connectivity index (χ2n) is 3.41. The maximum absolute atomic E-state index is 11.7. The van der Waals surface area contributed by atoms with Gasteiger partial charge in [-0.2, -0.15) is 0 Å². The summed E-state index contributed by atoms with van der Waals surface area (Å²) in [5, 5.41) is 5.80. The van der Waals surface area contributed by atoms with Crippen molar-refractivity contribution in [2.24, 2.45) is 0 Å². The fraction of sp³-hybridized carbons (Fsp3) is 0. The van der Waals surface area contributed by atoms with E-state index in [0.29, 0.717) is 11.8 Å². The van der Waals surface area contributed by atoms with Crippen LogP contribution >= 0.6 is 22.7 Å². The van der Waals surface area contributed by atoms with Crippen LogP contribution in [0.25, 0.3) is 20.2 Å². The Morgan fingerprint density at radius 3 is 2.81 bits per heavy atom. The quantitative estimate of drug-likeness (QED) is 0.394. The van der Waals surface area contributed by atoms with Gasteiger partial charge in [-0.15, -0.1) is 22.7 Å². The van der Waals surface area contributed by atoms with Gasteiger partial charge in [0.15, 0.2) is 6.29 Å². The third-order valence-corrected chi connectivity index (χ3v) is 4.34. The molecule has 0 N–H and O–H groups in total. The zero-order valence-electron chi connectivity index (χ0n) is 8.10. The second kappa shape index (κ2) is 3.50. The highest BCUT2D eigenvalue weighted by molar-refractivity contribution is 7.19. The summed E-state index contributed by atoms with van der Waals surface area (Å²) in [5.41, 5.74) is 0.554. The van der Waals surface area contributed by atoms with E-state index in [2.05, 4.69) is 6.07 Å². The molecule has 0 amide bonds. The van der Waals surface area contributed by atoms with Crippen LogP contribution < -0.4 is 0 Å². The summed E-state index contributed by atoms with van der Waals surface area (Å²) in [6, 6.07) is 5.93. The number of thiophene rings is 2. The molecular formula is C12H6O2S2. The Hall–Kier alpha value is -1.52. The highest BCUT2D eigenvalue weighted by Crippen LogP contribution is 2.34. The minimum absolute atomic E-state index is 0.394. The Labute approximate surface area is 99.1 Å². The molecule has 1 aromatic carbocycles. The van der Waals surface area contributed by atoms with Crippen molar-refractivity contribution in [1.82, 2.24) is 0 Å². The van der Waals surface area contributed by atoms with E-state index >= 15 is 0 Å². The van der Waals surface area contributed by atoms with Crippen LogP contribution in [0.2, 0.25) is 0 Å². The van der Waals surface area contributed by atoms with E-state index in [0.717, 1.165) is 20.2 Å². The molecule has 0 fully saturated rings. The third kappa shape index (κ3) is 1.24. The average molecular weight is 246 g/mol. The number of carbonyl (C=O) groups excluding carboxylic acids is 2. The zero-order valence-corrected chi connectivity index (χ0v) is 9.73. The van der Waals surface area contributed by atoms with Crippen molar-refractivity contribution in [3.63, 3.8) is 0 Å². The molecule has 0 unspecified atom stereocenters. The predicted octanol–water partition coefficient (Wildman–Crippen LogP) is 3.50. The molecule has 2 aromatic heterocycles. The smallest absolute Gasteiger partial charge is 0.227 e. The van der Waals surface area contributed by atoms with Gasteiger partial charge in [0.05, 0.1) is 5.56 Å². The number of aldehydes is 1. The first-order valence-electron chi connectivity index (χ1n) is 4.68. The van der Waals surface area contributed by atoms with E-state index in [-0.39, 0.29) is 0 Å². The highest BCUT2D eigenvalue weighted by atomic mass is 32.1. The van der Waals surface area contributed by atoms with Crippen molar-refractivity contribution < 1.29 is 9.59 Å². The van der Waals surface area contributed by atoms with Crippen molar-refractivity contribution in [3.8, 4) is 0 Å². The summed E-state index contributed by atoms with van der Waals surface area (Å²) in [6.07, 6.45) is 0.394. The molecule has 0 aliphatic rings. The van der Waals surface area contributed by atoms with Gasteiger partial charge in [-0.3, -0.25) is 9.59 Å². The van der Waals surface area contributed by atoms with Crippen molar-refractivity contribution in [3.05, 3.63) is 34.5 Å². The van der Waals surface area contributed by atoms with E-state index in [1.807, 2.05) is 22.9 Å². The normalized spacial score (nSPS) is 11.0. The molecule has 2 nitrogen and oxygen atoms in total. The van der Waals surface area contributed by atoms with Crippen LogP contribution in [0.4, 0.5) is 0 Å². The van der Waals surface area contributed by atoms with Crippen molar-refractivity contribution in [1.29, 1.82) is 0 Å². The maximum atomic E-state index is 11.7. The van der Waals surface area contributed by atoms with Crippen molar-refractivity contribution >= 4 is 54.9 Å². The molecule has 4 heteroatoms. The van der Waals surface area contributed by atoms with Crippen LogP contribution in [0, 0.1) is 0 Å². The highest BCUT2D eigenvalue weighted by Gasteiger charge is 2.15. The largest absolute Gasteiger partial charge is 0.294 e. The molecule has 3 aromatic rings. The first-order chi connectivity index (χ1) is 7.81. The molecule has 0 saturated carbocycles. The minimum atomic E-state index is -0.434. The molecule has 16 heavy (non-hydrogen) atoms. The van der Waals surface area contributed by atoms with Crippen LogP contribution in [-0.4, -0.2) is 12.1 Å². The van der Waals surface area contributed by atoms with E-state index < -0.39 is 5.78 Å². The van der Waals surface area contributed by atoms with Gasteiger partial charge < -0.3 is 0 Å². The van der Waals surface area contributed by atoms with Crippen molar-refractivity contribution in [2.45, 2.75) is 0 Å². The average Bonchev–Trinajstić information content (AvgIpc) is 2.91. The molecule has 78 valence electrons. The fourth-order valence-electron chi connectivity index (χ4n) is 1.84. The summed E-state index contributed by atoms with van der Waals surface area (Å²) in [5.74, 6) is -0.434. The molecular weight excluding hydrogens is 240 g/mol. The number of benzene rings is 1. The van der Waals surface area contributed by atoms with Gasteiger partial charge in [0.1, 0.15) is 0 Å². The lowest BCUT2D eigenvalue weighted by Crippen LogP contribution is -2.00. The molecule has 0 atom stereocenters. The Balaban J connectivity index is 2.56. The molecule has 0 spiro atoms. The van der Waals surface area contributed by atoms with Gasteiger partial charge in [-0.05, 0) is 34.3 Å². The van der Waals surface area contributed by atoms with E-state index in [4.69, 9.17) is 0 Å². The molecule has 3 rings (SSSR count). The van der Waals surface area contributed by atoms with E-state index in [9.17, 15) is 9.59 Å². The summed E-state index contributed by atoms with van der Waals surface area (Å²) in [6.45, 7) is 0. The molecule has 0 aliphatic heterocycles. The first-order valence-corrected chi connectivity index (χ1v) is 6.44. The van der Waals surface area contributed by atoms with Gasteiger partial charge in [-0.1, -0.05) is 0 Å². The fourth-order valence-corrected chi connectivity index (χ4v) is 3.63. The van der Waals surface area contributed by atoms with Crippen LogP contribution in [0.1, 0.15) is 10.4 Å². The zero-order chi connectivity index (χ0) is 11.1. The Kier molecular flexibility index (Phi) is 2.12. The van der Waals surface area contributed by atoms with Crippen LogP contribution in [0.3, 0.4) is 0 Å². The van der Waals surface area contributed by atoms with Crippen LogP contribution in [-0.2, 0) is 4.79 Å². The molecule has 0 aliphatic carbocycles. The van der Waals surface area contributed by atoms with Gasteiger partial charge in [0.25, 0.3) is 0 Å². The summed E-state index contributed by atoms with van der Waals surface area (Å²) in [4.78, 5) is 22.4. The summed E-state index contributed by atoms with van der Waals surface area (Å²) >= 11 is 3.08. The lowest BCUT2D eigenvalue weighted by molar-refractivity contribution is -0.104. The Morgan fingerprint density at radius 2 is 2.00 bits per heavy atom. The Bertz CT molecular complexity index is 657. The number of rotatable bonds is 2. The summed E-state index contributed by atoms with van der Waals surface area (Å²) in [7, 11) is 0. The SMILES string of the molecule is O=CC(=O)c1c2ccsc2cc2ccsc12. The van der Waals surface area contributed by atoms with Crippen LogP contribution in [0.15, 0.2) is 29.0 Å². The molecule has 2 heterocycles. The minimum Gasteiger partial charge on any atom is -0.294 e. The number of hydrogen-bond acceptors (Lipinski definition) is 4. The van der Waals surface area contributed by atoms with Gasteiger partial charge in [0, 0.05) is 14.8 Å². The van der Waals surface area contributed by atoms with Gasteiger partial charge >= 0.3 is 0 Å². The van der Waals surface area contributed by atoms with Crippen LogP contribution in [0.5, 0.6) is 0 Å². The number of fused-ring (bicyclic) bond motifs is 2. The maximum Gasteiger partial charge on any atom is 0.227 e. The lowest BCUT2D eigenvalue weighted by atomic mass is 10.1. The standard InChI is InChI=1S/C12H6O2S2/c13-6-9(14)11-8-2-4-15-10(8)5-7-1-3-16-12(7)11/h1-6H. The van der Waals surface area contributed by atoms with Crippen molar-refractivity contribution in [2.75, 3.05) is 0 Å². The lowest BCUT2D eigenvalue weighted by Gasteiger charge is -2.00. The topological polar surface area (TPSA) is 34.1 Å². The third-order valence-electron chi connectivity index (χ3n) is 2.53. The molecule has 0 radical (unpaired) electrons. The number of ketones is 1. The van der Waals surface area contributed by atoms with Gasteiger partial charge in [0.2, 0.25) is 5.78 Å².